The van der Waals surface area contributed by atoms with Crippen molar-refractivity contribution in [3.8, 4) is 0 Å². The molecular weight excluding hydrogens is 214 g/mol. The zero-order valence-corrected chi connectivity index (χ0v) is 8.25. The molecule has 2 heterocycles. The largest absolute Gasteiger partial charge is 0.464 e. The van der Waals surface area contributed by atoms with Gasteiger partial charge in [0.25, 0.3) is 5.69 Å². The number of hydrogen-bond acceptors (Lipinski definition) is 6. The van der Waals surface area contributed by atoms with E-state index in [9.17, 15) is 14.9 Å². The highest BCUT2D eigenvalue weighted by atomic mass is 16.6. The van der Waals surface area contributed by atoms with Crippen LogP contribution >= 0.6 is 0 Å². The van der Waals surface area contributed by atoms with Gasteiger partial charge in [-0.05, 0) is 6.07 Å². The zero-order chi connectivity index (χ0) is 11.5. The number of cyclic esters (lactones) is 1. The fourth-order valence-electron chi connectivity index (χ4n) is 1.38. The monoisotopic (exact) mass is 223 g/mol. The average molecular weight is 223 g/mol. The molecule has 84 valence electrons. The maximum absolute atomic E-state index is 11.1. The number of nitrogens with one attached hydrogen (secondary N) is 1. The second kappa shape index (κ2) is 4.13. The minimum absolute atomic E-state index is 0.0838. The van der Waals surface area contributed by atoms with Crippen LogP contribution in [-0.4, -0.2) is 28.5 Å². The lowest BCUT2D eigenvalue weighted by atomic mass is 10.2. The van der Waals surface area contributed by atoms with Crippen LogP contribution in [0, 0.1) is 10.1 Å². The van der Waals surface area contributed by atoms with Crippen molar-refractivity contribution in [3.05, 3.63) is 28.4 Å². The predicted octanol–water partition coefficient (Wildman–Crippen LogP) is 0.717. The molecule has 16 heavy (non-hydrogen) atoms. The highest BCUT2D eigenvalue weighted by Gasteiger charge is 2.26. The third-order valence-corrected chi connectivity index (χ3v) is 2.22. The minimum atomic E-state index is -0.527. The molecule has 0 aromatic carbocycles. The number of anilines is 1. The lowest BCUT2D eigenvalue weighted by Crippen LogP contribution is -2.24. The van der Waals surface area contributed by atoms with E-state index >= 15 is 0 Å². The Morgan fingerprint density at radius 2 is 2.38 bits per heavy atom. The normalized spacial score (nSPS) is 19.2. The Hall–Kier alpha value is -2.18. The van der Waals surface area contributed by atoms with Gasteiger partial charge < -0.3 is 10.1 Å². The summed E-state index contributed by atoms with van der Waals surface area (Å²) in [4.78, 5) is 24.8. The van der Waals surface area contributed by atoms with Crippen LogP contribution < -0.4 is 5.32 Å². The molecule has 0 amide bonds. The Morgan fingerprint density at radius 1 is 1.56 bits per heavy atom. The zero-order valence-electron chi connectivity index (χ0n) is 8.25. The van der Waals surface area contributed by atoms with Gasteiger partial charge >= 0.3 is 5.97 Å². The number of nitrogens with zero attached hydrogens (tertiary/aromatic N) is 2. The summed E-state index contributed by atoms with van der Waals surface area (Å²) < 4.78 is 4.76. The Kier molecular flexibility index (Phi) is 2.67. The number of nitro groups is 1. The van der Waals surface area contributed by atoms with Gasteiger partial charge in [-0.2, -0.15) is 0 Å². The van der Waals surface area contributed by atoms with Crippen LogP contribution in [0.4, 0.5) is 11.5 Å². The molecular formula is C9H9N3O4. The number of rotatable bonds is 3. The first kappa shape index (κ1) is 10.3. The van der Waals surface area contributed by atoms with Crippen LogP contribution in [0.15, 0.2) is 18.3 Å². The summed E-state index contributed by atoms with van der Waals surface area (Å²) in [5, 5.41) is 13.2. The lowest BCUT2D eigenvalue weighted by Gasteiger charge is -2.08. The fraction of sp³-hybridized carbons (Fsp3) is 0.333. The summed E-state index contributed by atoms with van der Waals surface area (Å²) in [5.41, 5.74) is -0.0838. The first-order valence-electron chi connectivity index (χ1n) is 4.70. The molecule has 7 nitrogen and oxygen atoms in total. The molecule has 0 aliphatic carbocycles. The lowest BCUT2D eigenvalue weighted by molar-refractivity contribution is -0.385. The second-order valence-corrected chi connectivity index (χ2v) is 3.31. The number of carbonyl (C=O) groups is 1. The van der Waals surface area contributed by atoms with Crippen molar-refractivity contribution in [1.82, 2.24) is 4.98 Å². The molecule has 0 spiro atoms. The molecule has 0 bridgehead atoms. The summed E-state index contributed by atoms with van der Waals surface area (Å²) in [7, 11) is 0. The fourth-order valence-corrected chi connectivity index (χ4v) is 1.38. The van der Waals surface area contributed by atoms with E-state index in [1.807, 2.05) is 0 Å². The third-order valence-electron chi connectivity index (χ3n) is 2.22. The van der Waals surface area contributed by atoms with Crippen molar-refractivity contribution < 1.29 is 14.5 Å². The van der Waals surface area contributed by atoms with Crippen LogP contribution in [0.5, 0.6) is 0 Å². The van der Waals surface area contributed by atoms with Gasteiger partial charge in [0.2, 0.25) is 0 Å². The van der Waals surface area contributed by atoms with Crippen molar-refractivity contribution in [2.24, 2.45) is 0 Å². The van der Waals surface area contributed by atoms with Crippen molar-refractivity contribution in [3.63, 3.8) is 0 Å². The molecule has 0 saturated carbocycles. The van der Waals surface area contributed by atoms with Gasteiger partial charge in [-0.15, -0.1) is 0 Å². The molecule has 1 fully saturated rings. The number of esters is 1. The smallest absolute Gasteiger partial charge is 0.328 e. The predicted molar refractivity (Wildman–Crippen MR) is 53.9 cm³/mol. The number of pyridine rings is 1. The molecule has 1 aliphatic rings. The van der Waals surface area contributed by atoms with Crippen molar-refractivity contribution in [1.29, 1.82) is 0 Å². The third kappa shape index (κ3) is 2.08. The quantitative estimate of drug-likeness (QED) is 0.461. The summed E-state index contributed by atoms with van der Waals surface area (Å²) in [6, 6.07) is 2.38. The van der Waals surface area contributed by atoms with Crippen LogP contribution in [0.1, 0.15) is 6.42 Å². The number of hydrogen-bond donors (Lipinski definition) is 1. The van der Waals surface area contributed by atoms with Crippen molar-refractivity contribution in [2.75, 3.05) is 11.9 Å². The van der Waals surface area contributed by atoms with Crippen LogP contribution in [0.25, 0.3) is 0 Å². The highest BCUT2D eigenvalue weighted by Crippen LogP contribution is 2.15. The molecule has 0 radical (unpaired) electrons. The topological polar surface area (TPSA) is 94.4 Å². The molecule has 7 heteroatoms. The molecule has 1 N–H and O–H groups in total. The van der Waals surface area contributed by atoms with E-state index in [-0.39, 0.29) is 11.7 Å². The van der Waals surface area contributed by atoms with Crippen LogP contribution in [0.2, 0.25) is 0 Å². The first-order chi connectivity index (χ1) is 7.66. The number of ether oxygens (including phenoxy) is 1. The van der Waals surface area contributed by atoms with Crippen LogP contribution in [-0.2, 0) is 9.53 Å². The molecule has 1 saturated heterocycles. The molecule has 1 unspecified atom stereocenters. The maximum Gasteiger partial charge on any atom is 0.328 e. The molecule has 2 rings (SSSR count). The average Bonchev–Trinajstić information content (AvgIpc) is 2.65. The number of carbonyl (C=O) groups excluding carboxylic acids is 1. The molecule has 1 atom stereocenters. The SMILES string of the molecule is O=C1OCCC1Nc1ccc([N+](=O)[O-])cn1. The van der Waals surface area contributed by atoms with Gasteiger partial charge in [0.05, 0.1) is 11.5 Å². The summed E-state index contributed by atoms with van der Waals surface area (Å²) in [6.45, 7) is 0.392. The van der Waals surface area contributed by atoms with E-state index in [1.165, 1.54) is 12.1 Å². The Bertz CT molecular complexity index is 417. The van der Waals surface area contributed by atoms with E-state index in [2.05, 4.69) is 10.3 Å². The summed E-state index contributed by atoms with van der Waals surface area (Å²) in [6.07, 6.45) is 1.72. The Morgan fingerprint density at radius 3 is 2.88 bits per heavy atom. The maximum atomic E-state index is 11.1. The van der Waals surface area contributed by atoms with Gasteiger partial charge in [-0.25, -0.2) is 9.78 Å². The highest BCUT2D eigenvalue weighted by molar-refractivity contribution is 5.80. The molecule has 1 aromatic rings. The standard InChI is InChI=1S/C9H9N3O4/c13-9-7(3-4-16-9)11-8-2-1-6(5-10-8)12(14)15/h1-2,5,7H,3-4H2,(H,10,11). The van der Waals surface area contributed by atoms with Gasteiger partial charge in [-0.3, -0.25) is 10.1 Å². The first-order valence-corrected chi connectivity index (χ1v) is 4.70. The molecule has 1 aromatic heterocycles. The summed E-state index contributed by atoms with van der Waals surface area (Å²) >= 11 is 0. The Balaban J connectivity index is 2.05. The van der Waals surface area contributed by atoms with Gasteiger partial charge in [-0.1, -0.05) is 0 Å². The minimum Gasteiger partial charge on any atom is -0.464 e. The van der Waals surface area contributed by atoms with Crippen molar-refractivity contribution in [2.45, 2.75) is 12.5 Å². The van der Waals surface area contributed by atoms with Crippen LogP contribution in [0.3, 0.4) is 0 Å². The van der Waals surface area contributed by atoms with Gasteiger partial charge in [0, 0.05) is 12.5 Å². The van der Waals surface area contributed by atoms with Crippen molar-refractivity contribution >= 4 is 17.5 Å². The molecule has 1 aliphatic heterocycles. The van der Waals surface area contributed by atoms with Gasteiger partial charge in [0.1, 0.15) is 18.1 Å². The van der Waals surface area contributed by atoms with E-state index in [0.29, 0.717) is 18.8 Å². The van der Waals surface area contributed by atoms with E-state index in [0.717, 1.165) is 6.20 Å². The van der Waals surface area contributed by atoms with E-state index in [4.69, 9.17) is 4.74 Å². The number of aromatic nitrogens is 1. The second-order valence-electron chi connectivity index (χ2n) is 3.31. The van der Waals surface area contributed by atoms with Gasteiger partial charge in [0.15, 0.2) is 0 Å². The van der Waals surface area contributed by atoms with E-state index in [1.54, 1.807) is 0 Å². The van der Waals surface area contributed by atoms with E-state index < -0.39 is 11.0 Å². The summed E-state index contributed by atoms with van der Waals surface area (Å²) in [5.74, 6) is 0.106. The Labute approximate surface area is 90.6 Å².